The van der Waals surface area contributed by atoms with Crippen LogP contribution in [0.1, 0.15) is 37.3 Å². The lowest BCUT2D eigenvalue weighted by Crippen LogP contribution is -2.32. The molecule has 0 atom stereocenters. The second-order valence-corrected chi connectivity index (χ2v) is 5.15. The minimum absolute atomic E-state index is 0.0226. The van der Waals surface area contributed by atoms with Crippen molar-refractivity contribution in [1.29, 1.82) is 0 Å². The number of para-hydroxylation sites is 1. The zero-order valence-electron chi connectivity index (χ0n) is 11.6. The van der Waals surface area contributed by atoms with Crippen LogP contribution in [0.2, 0.25) is 0 Å². The second kappa shape index (κ2) is 6.25. The average Bonchev–Trinajstić information content (AvgIpc) is 2.94. The molecule has 0 aromatic heterocycles. The summed E-state index contributed by atoms with van der Waals surface area (Å²) >= 11 is 5.80. The zero-order valence-corrected chi connectivity index (χ0v) is 12.3. The number of halogens is 1. The third kappa shape index (κ3) is 2.84. The molecule has 0 aliphatic heterocycles. The van der Waals surface area contributed by atoms with Crippen LogP contribution in [-0.4, -0.2) is 11.8 Å². The number of carbonyl (C=O) groups is 1. The van der Waals surface area contributed by atoms with E-state index < -0.39 is 0 Å². The number of aryl methyl sites for hydroxylation is 2. The molecule has 1 amide bonds. The minimum atomic E-state index is -0.0289. The number of nitrogens with zero attached hydrogens (tertiary/aromatic N) is 1. The number of anilines is 1. The van der Waals surface area contributed by atoms with Gasteiger partial charge in [-0.15, -0.1) is 11.6 Å². The summed E-state index contributed by atoms with van der Waals surface area (Å²) in [4.78, 5) is 14.1. The third-order valence-corrected chi connectivity index (χ3v) is 3.82. The lowest BCUT2D eigenvalue weighted by atomic mass is 10.0. The molecule has 1 aliphatic carbocycles. The van der Waals surface area contributed by atoms with Gasteiger partial charge in [-0.25, -0.2) is 0 Å². The Morgan fingerprint density at radius 3 is 2.79 bits per heavy atom. The van der Waals surface area contributed by atoms with Gasteiger partial charge in [-0.2, -0.15) is 0 Å². The van der Waals surface area contributed by atoms with Crippen molar-refractivity contribution in [1.82, 2.24) is 0 Å². The molecule has 0 N–H and O–H groups in total. The van der Waals surface area contributed by atoms with Crippen LogP contribution in [0.15, 0.2) is 30.0 Å². The summed E-state index contributed by atoms with van der Waals surface area (Å²) in [6, 6.07) is 6.19. The highest BCUT2D eigenvalue weighted by molar-refractivity contribution is 6.29. The molecule has 0 saturated carbocycles. The van der Waals surface area contributed by atoms with Gasteiger partial charge in [0.25, 0.3) is 0 Å². The van der Waals surface area contributed by atoms with Crippen LogP contribution in [0, 0.1) is 6.92 Å². The summed E-state index contributed by atoms with van der Waals surface area (Å²) in [5, 5.41) is 0. The van der Waals surface area contributed by atoms with Gasteiger partial charge in [-0.3, -0.25) is 9.69 Å². The molecule has 0 fully saturated rings. The average molecular weight is 278 g/mol. The Labute approximate surface area is 120 Å². The van der Waals surface area contributed by atoms with Crippen LogP contribution in [0.3, 0.4) is 0 Å². The van der Waals surface area contributed by atoms with Crippen LogP contribution >= 0.6 is 11.6 Å². The first-order chi connectivity index (χ1) is 9.19. The van der Waals surface area contributed by atoms with E-state index in [9.17, 15) is 4.79 Å². The lowest BCUT2D eigenvalue weighted by molar-refractivity contribution is -0.115. The zero-order chi connectivity index (χ0) is 13.8. The topological polar surface area (TPSA) is 20.3 Å². The maximum absolute atomic E-state index is 12.3. The van der Waals surface area contributed by atoms with Gasteiger partial charge in [-0.1, -0.05) is 31.2 Å². The molecule has 0 bridgehead atoms. The fourth-order valence-corrected chi connectivity index (χ4v) is 2.79. The summed E-state index contributed by atoms with van der Waals surface area (Å²) in [6.45, 7) is 4.17. The Morgan fingerprint density at radius 2 is 2.21 bits per heavy atom. The highest BCUT2D eigenvalue weighted by atomic mass is 35.5. The largest absolute Gasteiger partial charge is 0.284 e. The van der Waals surface area contributed by atoms with Gasteiger partial charge in [0.2, 0.25) is 5.91 Å². The summed E-state index contributed by atoms with van der Waals surface area (Å²) in [6.07, 6.45) is 6.20. The normalized spacial score (nSPS) is 14.4. The summed E-state index contributed by atoms with van der Waals surface area (Å²) in [5.41, 5.74) is 4.47. The van der Waals surface area contributed by atoms with Crippen molar-refractivity contribution in [2.24, 2.45) is 0 Å². The van der Waals surface area contributed by atoms with E-state index in [1.54, 1.807) is 0 Å². The van der Waals surface area contributed by atoms with E-state index >= 15 is 0 Å². The number of rotatable bonds is 4. The summed E-state index contributed by atoms with van der Waals surface area (Å²) in [5.74, 6) is -0.00623. The third-order valence-electron chi connectivity index (χ3n) is 3.59. The molecule has 0 spiro atoms. The SMILES string of the molecule is CCc1cccc(C)c1N(C(=O)CCl)C1=CCCC1. The first-order valence-corrected chi connectivity index (χ1v) is 7.39. The first kappa shape index (κ1) is 14.1. The van der Waals surface area contributed by atoms with Crippen LogP contribution in [-0.2, 0) is 11.2 Å². The molecule has 0 radical (unpaired) electrons. The van der Waals surface area contributed by atoms with Crippen molar-refractivity contribution in [2.75, 3.05) is 10.8 Å². The number of benzene rings is 1. The fraction of sp³-hybridized carbons (Fsp3) is 0.438. The Kier molecular flexibility index (Phi) is 4.65. The van der Waals surface area contributed by atoms with Gasteiger partial charge in [0.15, 0.2) is 0 Å². The van der Waals surface area contributed by atoms with Gasteiger partial charge in [0.05, 0.1) is 5.69 Å². The van der Waals surface area contributed by atoms with Crippen LogP contribution < -0.4 is 4.90 Å². The highest BCUT2D eigenvalue weighted by Gasteiger charge is 2.24. The predicted molar refractivity (Wildman–Crippen MR) is 80.7 cm³/mol. The standard InChI is InChI=1S/C16H20ClNO/c1-3-13-8-6-7-12(2)16(13)18(15(19)11-17)14-9-4-5-10-14/h6-9H,3-5,10-11H2,1-2H3. The molecule has 2 nitrogen and oxygen atoms in total. The summed E-state index contributed by atoms with van der Waals surface area (Å²) < 4.78 is 0. The fourth-order valence-electron chi connectivity index (χ4n) is 2.67. The second-order valence-electron chi connectivity index (χ2n) is 4.89. The Balaban J connectivity index is 2.52. The monoisotopic (exact) mass is 277 g/mol. The molecule has 0 saturated heterocycles. The predicted octanol–water partition coefficient (Wildman–Crippen LogP) is 4.20. The number of alkyl halides is 1. The molecule has 1 aromatic rings. The smallest absolute Gasteiger partial charge is 0.246 e. The van der Waals surface area contributed by atoms with E-state index in [1.807, 2.05) is 11.0 Å². The Morgan fingerprint density at radius 1 is 1.42 bits per heavy atom. The van der Waals surface area contributed by atoms with Gasteiger partial charge >= 0.3 is 0 Å². The van der Waals surface area contributed by atoms with Crippen molar-refractivity contribution >= 4 is 23.2 Å². The molecular weight excluding hydrogens is 258 g/mol. The van der Waals surface area contributed by atoms with Crippen molar-refractivity contribution in [2.45, 2.75) is 39.5 Å². The van der Waals surface area contributed by atoms with Crippen molar-refractivity contribution in [3.8, 4) is 0 Å². The van der Waals surface area contributed by atoms with Gasteiger partial charge < -0.3 is 0 Å². The van der Waals surface area contributed by atoms with Crippen molar-refractivity contribution in [3.63, 3.8) is 0 Å². The van der Waals surface area contributed by atoms with Crippen molar-refractivity contribution < 1.29 is 4.79 Å². The number of amides is 1. The molecule has 0 heterocycles. The molecule has 1 aliphatic rings. The van der Waals surface area contributed by atoms with Gasteiger partial charge in [0.1, 0.15) is 5.88 Å². The van der Waals surface area contributed by atoms with E-state index in [0.29, 0.717) is 0 Å². The van der Waals surface area contributed by atoms with E-state index in [-0.39, 0.29) is 11.8 Å². The first-order valence-electron chi connectivity index (χ1n) is 6.85. The van der Waals surface area contributed by atoms with Crippen LogP contribution in [0.5, 0.6) is 0 Å². The summed E-state index contributed by atoms with van der Waals surface area (Å²) in [7, 11) is 0. The maximum Gasteiger partial charge on any atom is 0.246 e. The quantitative estimate of drug-likeness (QED) is 0.756. The molecule has 0 unspecified atom stereocenters. The van der Waals surface area contributed by atoms with E-state index in [2.05, 4.69) is 32.1 Å². The molecule has 2 rings (SSSR count). The molecule has 1 aromatic carbocycles. The number of allylic oxidation sites excluding steroid dienone is 2. The van der Waals surface area contributed by atoms with Crippen LogP contribution in [0.25, 0.3) is 0 Å². The van der Waals surface area contributed by atoms with Crippen molar-refractivity contribution in [3.05, 3.63) is 41.1 Å². The number of carbonyl (C=O) groups excluding carboxylic acids is 1. The number of hydrogen-bond acceptors (Lipinski definition) is 1. The van der Waals surface area contributed by atoms with Crippen LogP contribution in [0.4, 0.5) is 5.69 Å². The Hall–Kier alpha value is -1.28. The Bertz CT molecular complexity index is 507. The van der Waals surface area contributed by atoms with Gasteiger partial charge in [-0.05, 0) is 43.7 Å². The molecular formula is C16H20ClNO. The number of hydrogen-bond donors (Lipinski definition) is 0. The minimum Gasteiger partial charge on any atom is -0.284 e. The molecule has 3 heteroatoms. The highest BCUT2D eigenvalue weighted by Crippen LogP contribution is 2.33. The van der Waals surface area contributed by atoms with Gasteiger partial charge in [0, 0.05) is 5.70 Å². The van der Waals surface area contributed by atoms with E-state index in [4.69, 9.17) is 11.6 Å². The van der Waals surface area contributed by atoms with E-state index in [0.717, 1.165) is 42.6 Å². The lowest BCUT2D eigenvalue weighted by Gasteiger charge is -2.27. The molecule has 19 heavy (non-hydrogen) atoms. The van der Waals surface area contributed by atoms with E-state index in [1.165, 1.54) is 5.56 Å². The molecule has 102 valence electrons. The maximum atomic E-state index is 12.3.